The van der Waals surface area contributed by atoms with Crippen molar-refractivity contribution in [3.05, 3.63) is 29.3 Å². The Morgan fingerprint density at radius 2 is 1.90 bits per heavy atom. The maximum Gasteiger partial charge on any atom is 0.335 e. The van der Waals surface area contributed by atoms with E-state index >= 15 is 0 Å². The lowest BCUT2D eigenvalue weighted by Gasteiger charge is -2.36. The second kappa shape index (κ2) is 6.85. The van der Waals surface area contributed by atoms with Crippen LogP contribution < -0.4 is 10.2 Å². The molecule has 0 bridgehead atoms. The van der Waals surface area contributed by atoms with Gasteiger partial charge in [0.1, 0.15) is 17.3 Å². The number of carboxylic acids is 1. The van der Waals surface area contributed by atoms with Gasteiger partial charge in [0, 0.05) is 12.6 Å². The molecule has 6 heteroatoms. The summed E-state index contributed by atoms with van der Waals surface area (Å²) in [6, 6.07) is 1.86. The molecule has 21 heavy (non-hydrogen) atoms. The summed E-state index contributed by atoms with van der Waals surface area (Å²) in [4.78, 5) is 12.6. The first kappa shape index (κ1) is 15.7. The van der Waals surface area contributed by atoms with Gasteiger partial charge in [-0.2, -0.15) is 0 Å². The van der Waals surface area contributed by atoms with Gasteiger partial charge < -0.3 is 15.3 Å². The van der Waals surface area contributed by atoms with E-state index in [0.29, 0.717) is 6.54 Å². The zero-order chi connectivity index (χ0) is 15.4. The smallest absolute Gasteiger partial charge is 0.335 e. The summed E-state index contributed by atoms with van der Waals surface area (Å²) in [6.07, 6.45) is 2.41. The van der Waals surface area contributed by atoms with Crippen molar-refractivity contribution in [1.82, 2.24) is 5.32 Å². The number of halogens is 2. The van der Waals surface area contributed by atoms with Crippen LogP contribution in [-0.2, 0) is 0 Å². The molecule has 1 fully saturated rings. The molecule has 0 radical (unpaired) electrons. The number of nitrogens with zero attached hydrogens (tertiary/aromatic N) is 1. The predicted molar refractivity (Wildman–Crippen MR) is 76.8 cm³/mol. The number of aromatic carboxylic acids is 1. The van der Waals surface area contributed by atoms with Crippen LogP contribution in [0.1, 0.15) is 36.5 Å². The van der Waals surface area contributed by atoms with E-state index in [-0.39, 0.29) is 17.3 Å². The normalized spacial score (nSPS) is 16.0. The molecule has 1 heterocycles. The van der Waals surface area contributed by atoms with Gasteiger partial charge in [0.15, 0.2) is 0 Å². The molecule has 4 nitrogen and oxygen atoms in total. The van der Waals surface area contributed by atoms with Crippen LogP contribution in [0.15, 0.2) is 12.1 Å². The molecule has 0 unspecified atom stereocenters. The Balaban J connectivity index is 2.37. The molecule has 116 valence electrons. The molecular weight excluding hydrogens is 278 g/mol. The Kier molecular flexibility index (Phi) is 5.12. The first-order chi connectivity index (χ1) is 10.0. The van der Waals surface area contributed by atoms with Crippen molar-refractivity contribution in [2.24, 2.45) is 0 Å². The standard InChI is InChI=1S/C15H20F2N2O2/c1-2-7-19(11-3-5-18-6-4-11)14-12(16)8-10(15(20)21)9-13(14)17/h8-9,11,18H,2-7H2,1H3,(H,20,21). The predicted octanol–water partition coefficient (Wildman–Crippen LogP) is 2.63. The summed E-state index contributed by atoms with van der Waals surface area (Å²) in [5.41, 5.74) is -0.468. The van der Waals surface area contributed by atoms with Gasteiger partial charge in [-0.3, -0.25) is 0 Å². The van der Waals surface area contributed by atoms with E-state index in [0.717, 1.165) is 44.5 Å². The lowest BCUT2D eigenvalue weighted by Crippen LogP contribution is -2.44. The maximum atomic E-state index is 14.2. The van der Waals surface area contributed by atoms with Crippen LogP contribution in [0.4, 0.5) is 14.5 Å². The molecule has 1 aromatic carbocycles. The van der Waals surface area contributed by atoms with Gasteiger partial charge in [0.05, 0.1) is 5.56 Å². The molecule has 0 aromatic heterocycles. The lowest BCUT2D eigenvalue weighted by atomic mass is 10.0. The molecule has 2 N–H and O–H groups in total. The largest absolute Gasteiger partial charge is 0.478 e. The van der Waals surface area contributed by atoms with Crippen LogP contribution in [-0.4, -0.2) is 36.8 Å². The molecule has 0 amide bonds. The topological polar surface area (TPSA) is 52.6 Å². The fourth-order valence-electron chi connectivity index (χ4n) is 2.80. The minimum Gasteiger partial charge on any atom is -0.478 e. The van der Waals surface area contributed by atoms with E-state index in [2.05, 4.69) is 5.32 Å². The second-order valence-corrected chi connectivity index (χ2v) is 5.27. The van der Waals surface area contributed by atoms with Crippen molar-refractivity contribution in [3.63, 3.8) is 0 Å². The van der Waals surface area contributed by atoms with Crippen LogP contribution >= 0.6 is 0 Å². The molecule has 1 aliphatic rings. The van der Waals surface area contributed by atoms with Crippen LogP contribution in [0.3, 0.4) is 0 Å². The molecule has 1 aromatic rings. The highest BCUT2D eigenvalue weighted by molar-refractivity contribution is 5.88. The molecule has 0 aliphatic carbocycles. The highest BCUT2D eigenvalue weighted by Crippen LogP contribution is 2.29. The van der Waals surface area contributed by atoms with Crippen molar-refractivity contribution in [2.75, 3.05) is 24.5 Å². The highest BCUT2D eigenvalue weighted by Gasteiger charge is 2.26. The third-order valence-electron chi connectivity index (χ3n) is 3.77. The fraction of sp³-hybridized carbons (Fsp3) is 0.533. The minimum absolute atomic E-state index is 0.0749. The number of carbonyl (C=O) groups is 1. The van der Waals surface area contributed by atoms with E-state index in [4.69, 9.17) is 5.11 Å². The number of anilines is 1. The lowest BCUT2D eigenvalue weighted by molar-refractivity contribution is 0.0695. The SMILES string of the molecule is CCCN(c1c(F)cc(C(=O)O)cc1F)C1CCNCC1. The third-order valence-corrected chi connectivity index (χ3v) is 3.77. The Bertz CT molecular complexity index is 493. The summed E-state index contributed by atoms with van der Waals surface area (Å²) >= 11 is 0. The van der Waals surface area contributed by atoms with E-state index in [1.54, 1.807) is 4.90 Å². The summed E-state index contributed by atoms with van der Waals surface area (Å²) in [5.74, 6) is -2.94. The van der Waals surface area contributed by atoms with Crippen LogP contribution in [0.2, 0.25) is 0 Å². The molecular formula is C15H20F2N2O2. The summed E-state index contributed by atoms with van der Waals surface area (Å²) in [7, 11) is 0. The second-order valence-electron chi connectivity index (χ2n) is 5.27. The van der Waals surface area contributed by atoms with Gasteiger partial charge in [-0.15, -0.1) is 0 Å². The quantitative estimate of drug-likeness (QED) is 0.877. The fourth-order valence-corrected chi connectivity index (χ4v) is 2.80. The van der Waals surface area contributed by atoms with Crippen molar-refractivity contribution in [1.29, 1.82) is 0 Å². The number of piperidine rings is 1. The third kappa shape index (κ3) is 3.50. The van der Waals surface area contributed by atoms with Crippen LogP contribution in [0, 0.1) is 11.6 Å². The summed E-state index contributed by atoms with van der Waals surface area (Å²) < 4.78 is 28.5. The van der Waals surface area contributed by atoms with Crippen molar-refractivity contribution >= 4 is 11.7 Å². The van der Waals surface area contributed by atoms with E-state index in [9.17, 15) is 13.6 Å². The van der Waals surface area contributed by atoms with Gasteiger partial charge in [0.2, 0.25) is 0 Å². The molecule has 2 rings (SSSR count). The van der Waals surface area contributed by atoms with Crippen LogP contribution in [0.25, 0.3) is 0 Å². The average Bonchev–Trinajstić information content (AvgIpc) is 2.46. The highest BCUT2D eigenvalue weighted by atomic mass is 19.1. The number of benzene rings is 1. The minimum atomic E-state index is -1.33. The van der Waals surface area contributed by atoms with Gasteiger partial charge in [0.25, 0.3) is 0 Å². The van der Waals surface area contributed by atoms with E-state index in [1.807, 2.05) is 6.92 Å². The van der Waals surface area contributed by atoms with E-state index in [1.165, 1.54) is 0 Å². The van der Waals surface area contributed by atoms with Crippen molar-refractivity contribution < 1.29 is 18.7 Å². The number of nitrogens with one attached hydrogen (secondary N) is 1. The zero-order valence-electron chi connectivity index (χ0n) is 12.0. The molecule has 0 saturated carbocycles. The number of hydrogen-bond donors (Lipinski definition) is 2. The maximum absolute atomic E-state index is 14.2. The molecule has 1 saturated heterocycles. The molecule has 0 atom stereocenters. The Morgan fingerprint density at radius 1 is 1.33 bits per heavy atom. The van der Waals surface area contributed by atoms with Crippen molar-refractivity contribution in [3.8, 4) is 0 Å². The molecule has 1 aliphatic heterocycles. The van der Waals surface area contributed by atoms with Gasteiger partial charge in [-0.25, -0.2) is 13.6 Å². The Labute approximate surface area is 122 Å². The zero-order valence-corrected chi connectivity index (χ0v) is 12.0. The first-order valence-corrected chi connectivity index (χ1v) is 7.24. The Hall–Kier alpha value is -1.69. The number of hydrogen-bond acceptors (Lipinski definition) is 3. The Morgan fingerprint density at radius 3 is 2.38 bits per heavy atom. The summed E-state index contributed by atoms with van der Waals surface area (Å²) in [6.45, 7) is 4.14. The van der Waals surface area contributed by atoms with E-state index < -0.39 is 17.6 Å². The van der Waals surface area contributed by atoms with Gasteiger partial charge >= 0.3 is 5.97 Å². The number of carboxylic acid groups (broad SMARTS) is 1. The van der Waals surface area contributed by atoms with Crippen molar-refractivity contribution in [2.45, 2.75) is 32.2 Å². The number of rotatable bonds is 5. The van der Waals surface area contributed by atoms with Gasteiger partial charge in [-0.05, 0) is 44.5 Å². The first-order valence-electron chi connectivity index (χ1n) is 7.24. The van der Waals surface area contributed by atoms with Gasteiger partial charge in [-0.1, -0.05) is 6.92 Å². The monoisotopic (exact) mass is 298 g/mol. The average molecular weight is 298 g/mol. The molecule has 0 spiro atoms. The van der Waals surface area contributed by atoms with Crippen LogP contribution in [0.5, 0.6) is 0 Å². The summed E-state index contributed by atoms with van der Waals surface area (Å²) in [5, 5.41) is 12.1.